The third kappa shape index (κ3) is 7.67. The van der Waals surface area contributed by atoms with E-state index in [1.165, 1.54) is 29.5 Å². The standard InChI is InChI=1S/C30H38F4N10O2S/c1-42(17-27(31)32)15-19-2-4-21(5-3-19)39-25-12-30(35,37-14-23(25)24-9-11-43(41-24)18-28(33)34)26-8-10-36-29(40-26)20-13-38-44(16-20)47(45,46)22-6-7-22/h8-14,16,19,21-22,27-28,37,39H,2-7,15,17-18,35H2,1H3. The van der Waals surface area contributed by atoms with Crippen molar-refractivity contribution in [2.24, 2.45) is 11.7 Å². The summed E-state index contributed by atoms with van der Waals surface area (Å²) in [5.74, 6) is 0.542. The molecule has 12 nitrogen and oxygen atoms in total. The lowest BCUT2D eigenvalue weighted by molar-refractivity contribution is 0.0882. The average Bonchev–Trinajstić information content (AvgIpc) is 3.59. The van der Waals surface area contributed by atoms with E-state index in [0.717, 1.165) is 29.8 Å². The molecule has 47 heavy (non-hydrogen) atoms. The molecule has 4 N–H and O–H groups in total. The summed E-state index contributed by atoms with van der Waals surface area (Å²) < 4.78 is 79.2. The highest BCUT2D eigenvalue weighted by Gasteiger charge is 2.38. The molecular formula is C30H38F4N10O2S. The van der Waals surface area contributed by atoms with Gasteiger partial charge < -0.3 is 21.3 Å². The van der Waals surface area contributed by atoms with Gasteiger partial charge in [-0.25, -0.2) is 35.9 Å². The number of hydrogen-bond acceptors (Lipinski definition) is 10. The number of aromatic nitrogens is 6. The first-order valence-corrected chi connectivity index (χ1v) is 17.1. The normalized spacial score (nSPS) is 23.6. The van der Waals surface area contributed by atoms with Crippen molar-refractivity contribution in [1.82, 2.24) is 44.5 Å². The number of dihydropyridines is 1. The fourth-order valence-corrected chi connectivity index (χ4v) is 7.59. The zero-order chi connectivity index (χ0) is 33.3. The van der Waals surface area contributed by atoms with Gasteiger partial charge in [0, 0.05) is 42.5 Å². The van der Waals surface area contributed by atoms with E-state index in [-0.39, 0.29) is 18.4 Å². The fraction of sp³-hybridized carbons (Fsp3) is 0.533. The van der Waals surface area contributed by atoms with Gasteiger partial charge in [-0.05, 0) is 69.7 Å². The molecule has 3 aliphatic rings. The van der Waals surface area contributed by atoms with Crippen LogP contribution in [0.4, 0.5) is 17.6 Å². The molecule has 2 saturated carbocycles. The number of hydrogen-bond donors (Lipinski definition) is 3. The van der Waals surface area contributed by atoms with Gasteiger partial charge in [-0.2, -0.15) is 14.3 Å². The first-order chi connectivity index (χ1) is 22.4. The largest absolute Gasteiger partial charge is 0.382 e. The number of nitrogens with one attached hydrogen (secondary N) is 2. The zero-order valence-corrected chi connectivity index (χ0v) is 26.6. The lowest BCUT2D eigenvalue weighted by Gasteiger charge is -2.36. The van der Waals surface area contributed by atoms with E-state index in [1.807, 2.05) is 0 Å². The molecule has 0 bridgehead atoms. The summed E-state index contributed by atoms with van der Waals surface area (Å²) in [6, 6.07) is 3.35. The molecule has 0 amide bonds. The Balaban J connectivity index is 1.24. The van der Waals surface area contributed by atoms with Gasteiger partial charge in [-0.3, -0.25) is 4.68 Å². The second kappa shape index (κ2) is 13.4. The third-order valence-corrected chi connectivity index (χ3v) is 10.7. The molecule has 3 aromatic rings. The number of halogens is 4. The van der Waals surface area contributed by atoms with Gasteiger partial charge in [-0.15, -0.1) is 0 Å². The van der Waals surface area contributed by atoms with Crippen LogP contribution in [0.25, 0.3) is 17.0 Å². The van der Waals surface area contributed by atoms with Crippen LogP contribution >= 0.6 is 0 Å². The zero-order valence-electron chi connectivity index (χ0n) is 25.8. The van der Waals surface area contributed by atoms with Crippen LogP contribution in [0.15, 0.2) is 54.9 Å². The Bertz CT molecular complexity index is 1730. The summed E-state index contributed by atoms with van der Waals surface area (Å²) in [6.07, 6.45) is 8.83. The number of alkyl halides is 4. The lowest BCUT2D eigenvalue weighted by Crippen LogP contribution is -2.50. The molecule has 0 spiro atoms. The van der Waals surface area contributed by atoms with Crippen molar-refractivity contribution in [3.8, 4) is 11.4 Å². The smallest absolute Gasteiger partial charge is 0.257 e. The van der Waals surface area contributed by atoms with Crippen molar-refractivity contribution in [2.45, 2.75) is 74.9 Å². The number of allylic oxidation sites excluding steroid dienone is 1. The molecule has 6 rings (SSSR count). The van der Waals surface area contributed by atoms with Crippen LogP contribution in [0.1, 0.15) is 49.9 Å². The molecule has 1 atom stereocenters. The minimum Gasteiger partial charge on any atom is -0.382 e. The molecule has 1 aliphatic heterocycles. The topological polar surface area (TPSA) is 149 Å². The van der Waals surface area contributed by atoms with Crippen molar-refractivity contribution in [3.05, 3.63) is 66.3 Å². The number of rotatable bonds is 13. The molecule has 0 radical (unpaired) electrons. The van der Waals surface area contributed by atoms with Crippen LogP contribution in [0, 0.1) is 5.92 Å². The Kier molecular flexibility index (Phi) is 9.40. The van der Waals surface area contributed by atoms with Crippen molar-refractivity contribution >= 4 is 15.6 Å². The molecular weight excluding hydrogens is 640 g/mol. The Morgan fingerprint density at radius 3 is 2.60 bits per heavy atom. The van der Waals surface area contributed by atoms with E-state index in [1.54, 1.807) is 36.4 Å². The second-order valence-electron chi connectivity index (χ2n) is 12.5. The van der Waals surface area contributed by atoms with Crippen LogP contribution in [-0.2, 0) is 22.2 Å². The maximum absolute atomic E-state index is 13.1. The van der Waals surface area contributed by atoms with Gasteiger partial charge in [0.25, 0.3) is 22.9 Å². The molecule has 17 heteroatoms. The fourth-order valence-electron chi connectivity index (χ4n) is 6.11. The first kappa shape index (κ1) is 33.1. The van der Waals surface area contributed by atoms with Crippen LogP contribution in [0.2, 0.25) is 0 Å². The quantitative estimate of drug-likeness (QED) is 0.230. The van der Waals surface area contributed by atoms with Gasteiger partial charge in [0.15, 0.2) is 11.5 Å². The van der Waals surface area contributed by atoms with Crippen LogP contribution in [0.3, 0.4) is 0 Å². The van der Waals surface area contributed by atoms with Gasteiger partial charge in [0.1, 0.15) is 6.54 Å². The van der Waals surface area contributed by atoms with Crippen LogP contribution < -0.4 is 16.4 Å². The number of nitrogens with zero attached hydrogens (tertiary/aromatic N) is 7. The highest BCUT2D eigenvalue weighted by molar-refractivity contribution is 7.90. The molecule has 3 aromatic heterocycles. The molecule has 2 aliphatic carbocycles. The van der Waals surface area contributed by atoms with E-state index in [4.69, 9.17) is 5.73 Å². The summed E-state index contributed by atoms with van der Waals surface area (Å²) in [5, 5.41) is 14.7. The Morgan fingerprint density at radius 2 is 1.89 bits per heavy atom. The molecule has 2 fully saturated rings. The Labute approximate surface area is 270 Å². The van der Waals surface area contributed by atoms with E-state index in [0.29, 0.717) is 53.5 Å². The summed E-state index contributed by atoms with van der Waals surface area (Å²) in [6.45, 7) is -0.195. The summed E-state index contributed by atoms with van der Waals surface area (Å²) in [5.41, 5.74) is 8.10. The van der Waals surface area contributed by atoms with E-state index in [9.17, 15) is 26.0 Å². The van der Waals surface area contributed by atoms with Crippen LogP contribution in [0.5, 0.6) is 0 Å². The minimum atomic E-state index is -3.56. The van der Waals surface area contributed by atoms with Gasteiger partial charge in [-0.1, -0.05) is 0 Å². The van der Waals surface area contributed by atoms with Crippen molar-refractivity contribution in [2.75, 3.05) is 20.1 Å². The van der Waals surface area contributed by atoms with Crippen molar-refractivity contribution in [1.29, 1.82) is 0 Å². The van der Waals surface area contributed by atoms with Crippen LogP contribution in [-0.4, -0.2) is 86.5 Å². The summed E-state index contributed by atoms with van der Waals surface area (Å²) in [4.78, 5) is 10.7. The minimum absolute atomic E-state index is 0.0482. The van der Waals surface area contributed by atoms with Crippen molar-refractivity contribution < 1.29 is 26.0 Å². The molecule has 1 unspecified atom stereocenters. The molecule has 254 valence electrons. The van der Waals surface area contributed by atoms with E-state index < -0.39 is 40.3 Å². The van der Waals surface area contributed by atoms with E-state index in [2.05, 4.69) is 30.8 Å². The third-order valence-electron chi connectivity index (χ3n) is 8.69. The van der Waals surface area contributed by atoms with Crippen molar-refractivity contribution in [3.63, 3.8) is 0 Å². The van der Waals surface area contributed by atoms with Gasteiger partial charge in [0.05, 0.1) is 41.1 Å². The molecule has 4 heterocycles. The number of nitrogens with two attached hydrogens (primary N) is 1. The monoisotopic (exact) mass is 678 g/mol. The highest BCUT2D eigenvalue weighted by Crippen LogP contribution is 2.33. The maximum atomic E-state index is 13.1. The van der Waals surface area contributed by atoms with Gasteiger partial charge >= 0.3 is 0 Å². The highest BCUT2D eigenvalue weighted by atomic mass is 32.2. The SMILES string of the molecule is CN(CC(F)F)CC1CCC(NC2=CC(N)(c3ccnc(-c4cnn(S(=O)(=O)C5CC5)c4)n3)NC=C2c2ccn(CC(F)F)n2)CC1. The molecule has 0 aromatic carbocycles. The maximum Gasteiger partial charge on any atom is 0.257 e. The Hall–Kier alpha value is -3.83. The first-order valence-electron chi connectivity index (χ1n) is 15.6. The van der Waals surface area contributed by atoms with Gasteiger partial charge in [0.2, 0.25) is 0 Å². The predicted molar refractivity (Wildman–Crippen MR) is 166 cm³/mol. The van der Waals surface area contributed by atoms with E-state index >= 15 is 0 Å². The Morgan fingerprint density at radius 1 is 1.13 bits per heavy atom. The molecule has 0 saturated heterocycles. The predicted octanol–water partition coefficient (Wildman–Crippen LogP) is 3.13. The lowest BCUT2D eigenvalue weighted by atomic mass is 9.85. The summed E-state index contributed by atoms with van der Waals surface area (Å²) >= 11 is 0. The average molecular weight is 679 g/mol. The second-order valence-corrected chi connectivity index (χ2v) is 14.6. The summed E-state index contributed by atoms with van der Waals surface area (Å²) in [7, 11) is -1.85.